The summed E-state index contributed by atoms with van der Waals surface area (Å²) in [4.78, 5) is 10.8. The number of hydrogen-bond acceptors (Lipinski definition) is 6. The van der Waals surface area contributed by atoms with Gasteiger partial charge in [-0.25, -0.2) is 5.43 Å². The van der Waals surface area contributed by atoms with Gasteiger partial charge in [0.25, 0.3) is 0 Å². The minimum atomic E-state index is -0.229. The van der Waals surface area contributed by atoms with Gasteiger partial charge in [0, 0.05) is 6.92 Å². The highest BCUT2D eigenvalue weighted by molar-refractivity contribution is 5.82. The largest absolute Gasteiger partial charge is 0.493 e. The van der Waals surface area contributed by atoms with E-state index >= 15 is 0 Å². The standard InChI is InChI=1S/C21H26N2O5/c1-16-4-7-19(8-5-16)27-12-10-26-11-13-28-20-9-6-18(14-21(20)25-3)15-22-23-17(2)24/h4-9,14-15H,10-13H2,1-3H3,(H,23,24)/b22-15-. The van der Waals surface area contributed by atoms with E-state index in [1.54, 1.807) is 19.2 Å². The molecule has 0 bridgehead atoms. The van der Waals surface area contributed by atoms with Gasteiger partial charge >= 0.3 is 0 Å². The predicted molar refractivity (Wildman–Crippen MR) is 107 cm³/mol. The summed E-state index contributed by atoms with van der Waals surface area (Å²) in [6.45, 7) is 5.22. The van der Waals surface area contributed by atoms with Crippen molar-refractivity contribution >= 4 is 12.1 Å². The van der Waals surface area contributed by atoms with Gasteiger partial charge in [0.2, 0.25) is 5.91 Å². The summed E-state index contributed by atoms with van der Waals surface area (Å²) in [6, 6.07) is 13.3. The molecule has 0 fully saturated rings. The van der Waals surface area contributed by atoms with Crippen LogP contribution in [0.4, 0.5) is 0 Å². The molecule has 0 aliphatic heterocycles. The van der Waals surface area contributed by atoms with E-state index in [-0.39, 0.29) is 5.91 Å². The number of nitrogens with zero attached hydrogens (tertiary/aromatic N) is 1. The molecular weight excluding hydrogens is 360 g/mol. The summed E-state index contributed by atoms with van der Waals surface area (Å²) >= 11 is 0. The lowest BCUT2D eigenvalue weighted by Crippen LogP contribution is -2.12. The second kappa shape index (κ2) is 11.6. The number of carbonyl (C=O) groups is 1. The molecule has 0 saturated carbocycles. The molecule has 150 valence electrons. The first-order chi connectivity index (χ1) is 13.6. The lowest BCUT2D eigenvalue weighted by molar-refractivity contribution is -0.118. The van der Waals surface area contributed by atoms with Crippen molar-refractivity contribution in [1.82, 2.24) is 5.43 Å². The molecule has 0 radical (unpaired) electrons. The average Bonchev–Trinajstić information content (AvgIpc) is 2.69. The Balaban J connectivity index is 1.68. The number of carbonyl (C=O) groups excluding carboxylic acids is 1. The molecule has 7 heteroatoms. The van der Waals surface area contributed by atoms with Crippen LogP contribution in [0.15, 0.2) is 47.6 Å². The van der Waals surface area contributed by atoms with Crippen LogP contribution in [0.5, 0.6) is 17.2 Å². The van der Waals surface area contributed by atoms with E-state index < -0.39 is 0 Å². The molecule has 1 N–H and O–H groups in total. The van der Waals surface area contributed by atoms with E-state index in [2.05, 4.69) is 10.5 Å². The summed E-state index contributed by atoms with van der Waals surface area (Å²) in [5, 5.41) is 3.82. The number of amides is 1. The molecule has 0 saturated heterocycles. The van der Waals surface area contributed by atoms with Crippen LogP contribution in [0.3, 0.4) is 0 Å². The Labute approximate surface area is 165 Å². The molecule has 0 aromatic heterocycles. The maximum atomic E-state index is 10.8. The molecule has 0 aliphatic rings. The van der Waals surface area contributed by atoms with E-state index in [0.29, 0.717) is 37.9 Å². The second-order valence-electron chi connectivity index (χ2n) is 5.96. The van der Waals surface area contributed by atoms with E-state index in [1.165, 1.54) is 18.7 Å². The molecule has 0 aliphatic carbocycles. The molecule has 0 spiro atoms. The Hall–Kier alpha value is -3.06. The zero-order valence-electron chi connectivity index (χ0n) is 16.4. The van der Waals surface area contributed by atoms with Gasteiger partial charge in [-0.2, -0.15) is 5.10 Å². The number of benzene rings is 2. The Morgan fingerprint density at radius 3 is 2.39 bits per heavy atom. The predicted octanol–water partition coefficient (Wildman–Crippen LogP) is 2.95. The Kier molecular flexibility index (Phi) is 8.81. The van der Waals surface area contributed by atoms with Gasteiger partial charge < -0.3 is 18.9 Å². The molecule has 2 aromatic rings. The van der Waals surface area contributed by atoms with Crippen LogP contribution in [0.25, 0.3) is 0 Å². The molecule has 0 atom stereocenters. The highest BCUT2D eigenvalue weighted by Crippen LogP contribution is 2.27. The van der Waals surface area contributed by atoms with E-state index in [4.69, 9.17) is 18.9 Å². The fourth-order valence-corrected chi connectivity index (χ4v) is 2.25. The Morgan fingerprint density at radius 1 is 1.00 bits per heavy atom. The first-order valence-electron chi connectivity index (χ1n) is 8.96. The quantitative estimate of drug-likeness (QED) is 0.365. The fraction of sp³-hybridized carbons (Fsp3) is 0.333. The highest BCUT2D eigenvalue weighted by Gasteiger charge is 2.05. The molecule has 2 aromatic carbocycles. The number of ether oxygens (including phenoxy) is 4. The third-order valence-corrected chi connectivity index (χ3v) is 3.63. The average molecular weight is 386 g/mol. The van der Waals surface area contributed by atoms with E-state index in [1.807, 2.05) is 37.3 Å². The Morgan fingerprint density at radius 2 is 1.71 bits per heavy atom. The van der Waals surface area contributed by atoms with Crippen LogP contribution in [0.1, 0.15) is 18.1 Å². The van der Waals surface area contributed by atoms with Crippen molar-refractivity contribution < 1.29 is 23.7 Å². The SMILES string of the molecule is COc1cc(/C=N\NC(C)=O)ccc1OCCOCCOc1ccc(C)cc1. The third-order valence-electron chi connectivity index (χ3n) is 3.63. The molecular formula is C21H26N2O5. The van der Waals surface area contributed by atoms with Crippen molar-refractivity contribution in [3.8, 4) is 17.2 Å². The maximum Gasteiger partial charge on any atom is 0.236 e. The van der Waals surface area contributed by atoms with Crippen molar-refractivity contribution in [2.45, 2.75) is 13.8 Å². The van der Waals surface area contributed by atoms with Crippen LogP contribution in [0.2, 0.25) is 0 Å². The number of hydrogen-bond donors (Lipinski definition) is 1. The minimum absolute atomic E-state index is 0.229. The van der Waals surface area contributed by atoms with Crippen molar-refractivity contribution in [1.29, 1.82) is 0 Å². The van der Waals surface area contributed by atoms with Gasteiger partial charge in [0.05, 0.1) is 26.5 Å². The first-order valence-corrected chi connectivity index (χ1v) is 8.96. The minimum Gasteiger partial charge on any atom is -0.493 e. The number of aryl methyl sites for hydroxylation is 1. The van der Waals surface area contributed by atoms with Gasteiger partial charge in [-0.1, -0.05) is 17.7 Å². The molecule has 1 amide bonds. The molecule has 7 nitrogen and oxygen atoms in total. The lowest BCUT2D eigenvalue weighted by atomic mass is 10.2. The van der Waals surface area contributed by atoms with Crippen molar-refractivity contribution in [3.63, 3.8) is 0 Å². The van der Waals surface area contributed by atoms with Gasteiger partial charge in [-0.3, -0.25) is 4.79 Å². The fourth-order valence-electron chi connectivity index (χ4n) is 2.25. The zero-order valence-corrected chi connectivity index (χ0v) is 16.4. The smallest absolute Gasteiger partial charge is 0.236 e. The molecule has 0 unspecified atom stereocenters. The third kappa shape index (κ3) is 7.67. The summed E-state index contributed by atoms with van der Waals surface area (Å²) < 4.78 is 22.1. The topological polar surface area (TPSA) is 78.4 Å². The van der Waals surface area contributed by atoms with Crippen LogP contribution in [-0.4, -0.2) is 45.7 Å². The highest BCUT2D eigenvalue weighted by atomic mass is 16.6. The van der Waals surface area contributed by atoms with Crippen LogP contribution < -0.4 is 19.6 Å². The summed E-state index contributed by atoms with van der Waals surface area (Å²) in [5.41, 5.74) is 4.33. The van der Waals surface area contributed by atoms with Gasteiger partial charge in [0.15, 0.2) is 11.5 Å². The molecule has 2 rings (SSSR count). The Bertz CT molecular complexity index is 775. The normalized spacial score (nSPS) is 10.7. The molecule has 0 heterocycles. The van der Waals surface area contributed by atoms with E-state index in [9.17, 15) is 4.79 Å². The van der Waals surface area contributed by atoms with Gasteiger partial charge in [0.1, 0.15) is 19.0 Å². The zero-order chi connectivity index (χ0) is 20.2. The van der Waals surface area contributed by atoms with Crippen molar-refractivity contribution in [2.24, 2.45) is 5.10 Å². The van der Waals surface area contributed by atoms with Crippen LogP contribution >= 0.6 is 0 Å². The van der Waals surface area contributed by atoms with Crippen LogP contribution in [-0.2, 0) is 9.53 Å². The lowest BCUT2D eigenvalue weighted by Gasteiger charge is -2.12. The number of rotatable bonds is 11. The number of methoxy groups -OCH3 is 1. The van der Waals surface area contributed by atoms with E-state index in [0.717, 1.165) is 11.3 Å². The van der Waals surface area contributed by atoms with Crippen molar-refractivity contribution in [2.75, 3.05) is 33.5 Å². The summed E-state index contributed by atoms with van der Waals surface area (Å²) in [5.74, 6) is 1.79. The van der Waals surface area contributed by atoms with Crippen molar-refractivity contribution in [3.05, 3.63) is 53.6 Å². The maximum absolute atomic E-state index is 10.8. The number of hydrazone groups is 1. The number of nitrogens with one attached hydrogen (secondary N) is 1. The summed E-state index contributed by atoms with van der Waals surface area (Å²) in [7, 11) is 1.57. The second-order valence-corrected chi connectivity index (χ2v) is 5.96. The van der Waals surface area contributed by atoms with Crippen LogP contribution in [0, 0.1) is 6.92 Å². The van der Waals surface area contributed by atoms with Gasteiger partial charge in [-0.05, 0) is 42.8 Å². The monoisotopic (exact) mass is 386 g/mol. The first kappa shape index (κ1) is 21.2. The van der Waals surface area contributed by atoms with Gasteiger partial charge in [-0.15, -0.1) is 0 Å². The molecule has 28 heavy (non-hydrogen) atoms. The summed E-state index contributed by atoms with van der Waals surface area (Å²) in [6.07, 6.45) is 1.53.